The van der Waals surface area contributed by atoms with Gasteiger partial charge < -0.3 is 5.32 Å². The zero-order valence-electron chi connectivity index (χ0n) is 9.23. The molecule has 1 aliphatic heterocycles. The first-order valence-corrected chi connectivity index (χ1v) is 6.07. The van der Waals surface area contributed by atoms with E-state index >= 15 is 0 Å². The van der Waals surface area contributed by atoms with Gasteiger partial charge in [0.2, 0.25) is 0 Å². The highest BCUT2D eigenvalue weighted by molar-refractivity contribution is 7.99. The lowest BCUT2D eigenvalue weighted by molar-refractivity contribution is -0.139. The summed E-state index contributed by atoms with van der Waals surface area (Å²) in [5, 5.41) is 3.06. The summed E-state index contributed by atoms with van der Waals surface area (Å²) in [5.74, 6) is 0.648. The van der Waals surface area contributed by atoms with Crippen LogP contribution in [0, 0.1) is 0 Å². The van der Waals surface area contributed by atoms with Crippen LogP contribution in [0.1, 0.15) is 23.6 Å². The van der Waals surface area contributed by atoms with Crippen molar-refractivity contribution in [1.82, 2.24) is 5.32 Å². The van der Waals surface area contributed by atoms with Crippen LogP contribution in [0.5, 0.6) is 0 Å². The highest BCUT2D eigenvalue weighted by Crippen LogP contribution is 2.39. The van der Waals surface area contributed by atoms with Crippen LogP contribution in [0.3, 0.4) is 0 Å². The number of benzene rings is 1. The topological polar surface area (TPSA) is 12.0 Å². The van der Waals surface area contributed by atoms with E-state index in [1.165, 1.54) is 17.8 Å². The minimum absolute atomic E-state index is 0. The molecular weight excluding hydrogens is 271 g/mol. The van der Waals surface area contributed by atoms with Crippen molar-refractivity contribution in [3.63, 3.8) is 0 Å². The van der Waals surface area contributed by atoms with Crippen molar-refractivity contribution in [2.45, 2.75) is 31.1 Å². The van der Waals surface area contributed by atoms with E-state index in [1.54, 1.807) is 6.07 Å². The fraction of sp³-hybridized carbons (Fsp3) is 0.455. The lowest BCUT2D eigenvalue weighted by Crippen LogP contribution is -2.08. The van der Waals surface area contributed by atoms with Crippen LogP contribution in [-0.4, -0.2) is 5.75 Å². The van der Waals surface area contributed by atoms with E-state index in [0.717, 1.165) is 11.1 Å². The fourth-order valence-corrected chi connectivity index (χ4v) is 2.69. The predicted molar refractivity (Wildman–Crippen MR) is 65.6 cm³/mol. The smallest absolute Gasteiger partial charge is 0.309 e. The quantitative estimate of drug-likeness (QED) is 0.828. The molecule has 1 aliphatic rings. The molecule has 0 saturated heterocycles. The Labute approximate surface area is 109 Å². The van der Waals surface area contributed by atoms with E-state index in [2.05, 4.69) is 5.32 Å². The molecular formula is C11H13ClF3NS. The largest absolute Gasteiger partial charge is 0.417 e. The summed E-state index contributed by atoms with van der Waals surface area (Å²) in [6.45, 7) is 3.07. The Morgan fingerprint density at radius 3 is 2.35 bits per heavy atom. The van der Waals surface area contributed by atoms with E-state index < -0.39 is 11.7 Å². The molecule has 0 fully saturated rings. The van der Waals surface area contributed by atoms with Crippen molar-refractivity contribution in [2.24, 2.45) is 0 Å². The lowest BCUT2D eigenvalue weighted by Gasteiger charge is -2.13. The second-order valence-electron chi connectivity index (χ2n) is 3.65. The van der Waals surface area contributed by atoms with E-state index in [1.807, 2.05) is 6.92 Å². The molecule has 96 valence electrons. The molecule has 1 heterocycles. The predicted octanol–water partition coefficient (Wildman–Crippen LogP) is 3.84. The van der Waals surface area contributed by atoms with Gasteiger partial charge in [-0.15, -0.1) is 24.2 Å². The molecule has 1 N–H and O–H groups in total. The van der Waals surface area contributed by atoms with E-state index in [0.29, 0.717) is 23.7 Å². The molecule has 0 amide bonds. The Bertz CT molecular complexity index is 406. The third kappa shape index (κ3) is 3.09. The summed E-state index contributed by atoms with van der Waals surface area (Å²) in [6, 6.07) is 2.96. The third-order valence-corrected chi connectivity index (χ3v) is 3.48. The Balaban J connectivity index is 0.00000144. The first-order chi connectivity index (χ1) is 7.52. The first kappa shape index (κ1) is 14.7. The average Bonchev–Trinajstić information content (AvgIpc) is 2.62. The van der Waals surface area contributed by atoms with Gasteiger partial charge in [-0.1, -0.05) is 6.92 Å². The maximum absolute atomic E-state index is 12.8. The van der Waals surface area contributed by atoms with Gasteiger partial charge in [0, 0.05) is 18.0 Å². The van der Waals surface area contributed by atoms with Gasteiger partial charge in [-0.2, -0.15) is 13.2 Å². The van der Waals surface area contributed by atoms with Crippen molar-refractivity contribution in [3.8, 4) is 0 Å². The number of halogens is 4. The zero-order chi connectivity index (χ0) is 11.8. The fourth-order valence-electron chi connectivity index (χ4n) is 1.82. The van der Waals surface area contributed by atoms with Crippen molar-refractivity contribution < 1.29 is 13.2 Å². The number of nitrogens with one attached hydrogen (secondary N) is 1. The van der Waals surface area contributed by atoms with Gasteiger partial charge >= 0.3 is 6.18 Å². The summed E-state index contributed by atoms with van der Waals surface area (Å²) in [6.07, 6.45) is -4.25. The molecule has 0 radical (unpaired) electrons. The maximum atomic E-state index is 12.8. The number of hydrogen-bond donors (Lipinski definition) is 1. The highest BCUT2D eigenvalue weighted by atomic mass is 35.5. The van der Waals surface area contributed by atoms with E-state index in [4.69, 9.17) is 0 Å². The van der Waals surface area contributed by atoms with Gasteiger partial charge in [0.05, 0.1) is 5.56 Å². The minimum atomic E-state index is -4.25. The van der Waals surface area contributed by atoms with Gasteiger partial charge in [0.1, 0.15) is 0 Å². The standard InChI is InChI=1S/C11H12F3NS.ClH/c1-2-16-10-4-8-6-15-5-7(8)3-9(10)11(12,13)14;/h3-4,15H,2,5-6H2,1H3;1H. The monoisotopic (exact) mass is 283 g/mol. The molecule has 17 heavy (non-hydrogen) atoms. The van der Waals surface area contributed by atoms with Crippen LogP contribution >= 0.6 is 24.2 Å². The van der Waals surface area contributed by atoms with Crippen molar-refractivity contribution in [1.29, 1.82) is 0 Å². The van der Waals surface area contributed by atoms with Crippen LogP contribution in [0.15, 0.2) is 17.0 Å². The highest BCUT2D eigenvalue weighted by Gasteiger charge is 2.34. The van der Waals surface area contributed by atoms with Gasteiger partial charge in [0.15, 0.2) is 0 Å². The third-order valence-electron chi connectivity index (χ3n) is 2.54. The number of thioether (sulfide) groups is 1. The Kier molecular flexibility index (Phi) is 4.75. The Hall–Kier alpha value is -0.390. The van der Waals surface area contributed by atoms with Crippen molar-refractivity contribution >= 4 is 24.2 Å². The second kappa shape index (κ2) is 5.50. The molecule has 0 atom stereocenters. The van der Waals surface area contributed by atoms with Crippen LogP contribution < -0.4 is 5.32 Å². The number of fused-ring (bicyclic) bond motifs is 1. The summed E-state index contributed by atoms with van der Waals surface area (Å²) in [5.41, 5.74) is 1.26. The van der Waals surface area contributed by atoms with E-state index in [9.17, 15) is 13.2 Å². The number of rotatable bonds is 2. The molecule has 1 nitrogen and oxygen atoms in total. The summed E-state index contributed by atoms with van der Waals surface area (Å²) in [7, 11) is 0. The molecule has 2 rings (SSSR count). The minimum Gasteiger partial charge on any atom is -0.309 e. The Morgan fingerprint density at radius 1 is 1.24 bits per heavy atom. The second-order valence-corrected chi connectivity index (χ2v) is 4.96. The molecule has 0 aromatic heterocycles. The van der Waals surface area contributed by atoms with Crippen molar-refractivity contribution in [2.75, 3.05) is 5.75 Å². The summed E-state index contributed by atoms with van der Waals surface area (Å²) >= 11 is 1.25. The van der Waals surface area contributed by atoms with Crippen LogP contribution in [0.2, 0.25) is 0 Å². The van der Waals surface area contributed by atoms with Gasteiger partial charge in [-0.05, 0) is 29.0 Å². The normalized spacial score (nSPS) is 14.4. The maximum Gasteiger partial charge on any atom is 0.417 e. The number of hydrogen-bond acceptors (Lipinski definition) is 2. The summed E-state index contributed by atoms with van der Waals surface area (Å²) in [4.78, 5) is 0.345. The van der Waals surface area contributed by atoms with Gasteiger partial charge in [-0.3, -0.25) is 0 Å². The molecule has 0 bridgehead atoms. The molecule has 0 saturated carbocycles. The number of alkyl halides is 3. The molecule has 0 aliphatic carbocycles. The van der Waals surface area contributed by atoms with Crippen LogP contribution in [0.25, 0.3) is 0 Å². The van der Waals surface area contributed by atoms with E-state index in [-0.39, 0.29) is 12.4 Å². The summed E-state index contributed by atoms with van der Waals surface area (Å²) < 4.78 is 38.4. The van der Waals surface area contributed by atoms with Crippen molar-refractivity contribution in [3.05, 3.63) is 28.8 Å². The molecule has 1 aromatic rings. The lowest BCUT2D eigenvalue weighted by atomic mass is 10.1. The average molecular weight is 284 g/mol. The molecule has 0 unspecified atom stereocenters. The van der Waals surface area contributed by atoms with Crippen LogP contribution in [-0.2, 0) is 19.3 Å². The Morgan fingerprint density at radius 2 is 1.82 bits per heavy atom. The van der Waals surface area contributed by atoms with Crippen LogP contribution in [0.4, 0.5) is 13.2 Å². The SMILES string of the molecule is CCSc1cc2c(cc1C(F)(F)F)CNC2.Cl. The first-order valence-electron chi connectivity index (χ1n) is 5.09. The zero-order valence-corrected chi connectivity index (χ0v) is 10.9. The molecule has 1 aromatic carbocycles. The molecule has 0 spiro atoms. The van der Waals surface area contributed by atoms with Gasteiger partial charge in [-0.25, -0.2) is 0 Å². The van der Waals surface area contributed by atoms with Gasteiger partial charge in [0.25, 0.3) is 0 Å². The molecule has 6 heteroatoms.